The van der Waals surface area contributed by atoms with Crippen LogP contribution in [0.4, 0.5) is 0 Å². The van der Waals surface area contributed by atoms with Crippen molar-refractivity contribution < 1.29 is 14.3 Å². The summed E-state index contributed by atoms with van der Waals surface area (Å²) in [6, 6.07) is 9.83. The Hall–Kier alpha value is -1.49. The van der Waals surface area contributed by atoms with E-state index in [1.807, 2.05) is 30.3 Å². The Kier molecular flexibility index (Phi) is 3.68. The van der Waals surface area contributed by atoms with Gasteiger partial charge in [-0.15, -0.1) is 11.8 Å². The Bertz CT molecular complexity index is 421. The predicted molar refractivity (Wildman–Crippen MR) is 64.4 cm³/mol. The summed E-state index contributed by atoms with van der Waals surface area (Å²) in [6.07, 6.45) is 0.483. The maximum atomic E-state index is 11.4. The van der Waals surface area contributed by atoms with Crippen LogP contribution in [0.2, 0.25) is 0 Å². The summed E-state index contributed by atoms with van der Waals surface area (Å²) in [4.78, 5) is 25.2. The highest BCUT2D eigenvalue weighted by atomic mass is 32.2. The molecule has 0 saturated carbocycles. The molecule has 0 spiro atoms. The van der Waals surface area contributed by atoms with Gasteiger partial charge in [-0.2, -0.15) is 0 Å². The first kappa shape index (κ1) is 12.0. The van der Waals surface area contributed by atoms with E-state index in [1.54, 1.807) is 16.7 Å². The van der Waals surface area contributed by atoms with Crippen molar-refractivity contribution >= 4 is 23.6 Å². The van der Waals surface area contributed by atoms with Crippen LogP contribution in [-0.2, 0) is 14.3 Å². The summed E-state index contributed by atoms with van der Waals surface area (Å²) in [7, 11) is 1.33. The van der Waals surface area contributed by atoms with Crippen molar-refractivity contribution in [2.45, 2.75) is 16.7 Å². The van der Waals surface area contributed by atoms with Crippen LogP contribution in [0.25, 0.3) is 0 Å². The van der Waals surface area contributed by atoms with Gasteiger partial charge < -0.3 is 9.64 Å². The molecule has 0 N–H and O–H groups in total. The fourth-order valence-electron chi connectivity index (χ4n) is 1.58. The van der Waals surface area contributed by atoms with E-state index >= 15 is 0 Å². The Morgan fingerprint density at radius 3 is 2.76 bits per heavy atom. The highest BCUT2D eigenvalue weighted by molar-refractivity contribution is 8.00. The minimum atomic E-state index is -0.378. The first-order chi connectivity index (χ1) is 8.20. The van der Waals surface area contributed by atoms with Gasteiger partial charge in [-0.05, 0) is 12.1 Å². The second-order valence-electron chi connectivity index (χ2n) is 3.69. The lowest BCUT2D eigenvalue weighted by Gasteiger charge is -2.38. The first-order valence-electron chi connectivity index (χ1n) is 5.28. The lowest BCUT2D eigenvalue weighted by Crippen LogP contribution is -2.52. The van der Waals surface area contributed by atoms with Crippen LogP contribution in [0.15, 0.2) is 35.2 Å². The van der Waals surface area contributed by atoms with Gasteiger partial charge in [0.05, 0.1) is 18.9 Å². The van der Waals surface area contributed by atoms with Crippen LogP contribution < -0.4 is 0 Å². The number of carbonyl (C=O) groups is 2. The Labute approximate surface area is 104 Å². The van der Waals surface area contributed by atoms with Crippen LogP contribution in [-0.4, -0.2) is 35.8 Å². The lowest BCUT2D eigenvalue weighted by molar-refractivity contribution is -0.153. The molecular weight excluding hydrogens is 238 g/mol. The smallest absolute Gasteiger partial charge is 0.325 e. The maximum Gasteiger partial charge on any atom is 0.325 e. The average Bonchev–Trinajstić information content (AvgIpc) is 2.36. The molecule has 0 aromatic heterocycles. The third-order valence-electron chi connectivity index (χ3n) is 2.56. The van der Waals surface area contributed by atoms with E-state index in [2.05, 4.69) is 4.74 Å². The number of nitrogens with zero attached hydrogens (tertiary/aromatic N) is 1. The minimum absolute atomic E-state index is 0.00355. The molecule has 1 aliphatic heterocycles. The quantitative estimate of drug-likeness (QED) is 0.601. The van der Waals surface area contributed by atoms with Crippen LogP contribution in [0.1, 0.15) is 6.42 Å². The number of methoxy groups -OCH3 is 1. The topological polar surface area (TPSA) is 46.6 Å². The number of benzene rings is 1. The Morgan fingerprint density at radius 1 is 1.47 bits per heavy atom. The van der Waals surface area contributed by atoms with Crippen molar-refractivity contribution in [3.63, 3.8) is 0 Å². The molecular formula is C12H13NO3S. The highest BCUT2D eigenvalue weighted by Gasteiger charge is 2.37. The molecule has 4 nitrogen and oxygen atoms in total. The number of β-lactam (4-membered cyclic amide) rings is 1. The van der Waals surface area contributed by atoms with Gasteiger partial charge in [-0.25, -0.2) is 0 Å². The molecule has 2 rings (SSSR count). The molecule has 1 amide bonds. The van der Waals surface area contributed by atoms with Gasteiger partial charge in [0.25, 0.3) is 0 Å². The lowest BCUT2D eigenvalue weighted by atomic mass is 10.2. The summed E-state index contributed by atoms with van der Waals surface area (Å²) in [5.41, 5.74) is 0. The van der Waals surface area contributed by atoms with E-state index in [1.165, 1.54) is 7.11 Å². The van der Waals surface area contributed by atoms with Gasteiger partial charge in [0.1, 0.15) is 6.54 Å². The van der Waals surface area contributed by atoms with E-state index in [-0.39, 0.29) is 23.8 Å². The minimum Gasteiger partial charge on any atom is -0.468 e. The Balaban J connectivity index is 1.94. The number of hydrogen-bond donors (Lipinski definition) is 0. The van der Waals surface area contributed by atoms with Crippen molar-refractivity contribution in [2.24, 2.45) is 0 Å². The molecule has 0 aliphatic carbocycles. The molecule has 1 saturated heterocycles. The SMILES string of the molecule is COC(=O)CN1C(=O)CC1Sc1ccccc1. The van der Waals surface area contributed by atoms with Crippen LogP contribution >= 0.6 is 11.8 Å². The van der Waals surface area contributed by atoms with Crippen LogP contribution in [0.5, 0.6) is 0 Å². The number of carbonyl (C=O) groups excluding carboxylic acids is 2. The summed E-state index contributed by atoms with van der Waals surface area (Å²) >= 11 is 1.59. The number of rotatable bonds is 4. The normalized spacial score (nSPS) is 18.8. The van der Waals surface area contributed by atoms with Crippen molar-refractivity contribution in [1.29, 1.82) is 0 Å². The van der Waals surface area contributed by atoms with Gasteiger partial charge in [0, 0.05) is 4.90 Å². The van der Waals surface area contributed by atoms with Crippen molar-refractivity contribution in [1.82, 2.24) is 4.90 Å². The zero-order valence-electron chi connectivity index (χ0n) is 9.46. The fraction of sp³-hybridized carbons (Fsp3) is 0.333. The molecule has 1 atom stereocenters. The molecule has 1 aliphatic rings. The summed E-state index contributed by atoms with van der Waals surface area (Å²) in [5, 5.41) is 0.0454. The zero-order chi connectivity index (χ0) is 12.3. The Morgan fingerprint density at radius 2 is 2.18 bits per heavy atom. The molecule has 1 fully saturated rings. The van der Waals surface area contributed by atoms with Crippen molar-refractivity contribution in [2.75, 3.05) is 13.7 Å². The molecule has 1 aromatic carbocycles. The summed E-state index contributed by atoms with van der Waals surface area (Å²) in [5.74, 6) is -0.374. The maximum absolute atomic E-state index is 11.4. The first-order valence-corrected chi connectivity index (χ1v) is 6.16. The van der Waals surface area contributed by atoms with E-state index in [4.69, 9.17) is 0 Å². The third kappa shape index (κ3) is 2.79. The van der Waals surface area contributed by atoms with Gasteiger partial charge in [0.15, 0.2) is 0 Å². The van der Waals surface area contributed by atoms with Crippen LogP contribution in [0.3, 0.4) is 0 Å². The van der Waals surface area contributed by atoms with E-state index < -0.39 is 0 Å². The van der Waals surface area contributed by atoms with Crippen molar-refractivity contribution in [3.05, 3.63) is 30.3 Å². The molecule has 1 aromatic rings. The summed E-state index contributed by atoms with van der Waals surface area (Å²) < 4.78 is 4.56. The van der Waals surface area contributed by atoms with Gasteiger partial charge in [-0.1, -0.05) is 18.2 Å². The number of esters is 1. The van der Waals surface area contributed by atoms with E-state index in [0.29, 0.717) is 6.42 Å². The standard InChI is InChI=1S/C12H13NO3S/c1-16-12(15)8-13-10(14)7-11(13)17-9-5-3-2-4-6-9/h2-6,11H,7-8H2,1H3. The predicted octanol–water partition coefficient (Wildman–Crippen LogP) is 1.51. The monoisotopic (exact) mass is 251 g/mol. The van der Waals surface area contributed by atoms with Gasteiger partial charge in [0.2, 0.25) is 5.91 Å². The van der Waals surface area contributed by atoms with Crippen molar-refractivity contribution in [3.8, 4) is 0 Å². The highest BCUT2D eigenvalue weighted by Crippen LogP contribution is 2.34. The largest absolute Gasteiger partial charge is 0.468 e. The number of thioether (sulfide) groups is 1. The molecule has 90 valence electrons. The third-order valence-corrected chi connectivity index (χ3v) is 3.80. The number of likely N-dealkylation sites (tertiary alicyclic amines) is 1. The molecule has 1 unspecified atom stereocenters. The van der Waals surface area contributed by atoms with Gasteiger partial charge >= 0.3 is 5.97 Å². The number of amides is 1. The number of hydrogen-bond acceptors (Lipinski definition) is 4. The van der Waals surface area contributed by atoms with Crippen LogP contribution in [0, 0.1) is 0 Å². The average molecular weight is 251 g/mol. The molecule has 17 heavy (non-hydrogen) atoms. The zero-order valence-corrected chi connectivity index (χ0v) is 10.3. The second kappa shape index (κ2) is 5.23. The molecule has 0 bridgehead atoms. The van der Waals surface area contributed by atoms with Gasteiger partial charge in [-0.3, -0.25) is 9.59 Å². The second-order valence-corrected chi connectivity index (χ2v) is 4.94. The fourth-order valence-corrected chi connectivity index (χ4v) is 2.75. The summed E-state index contributed by atoms with van der Waals surface area (Å²) in [6.45, 7) is 0.0415. The van der Waals surface area contributed by atoms with E-state index in [0.717, 1.165) is 4.90 Å². The molecule has 5 heteroatoms. The van der Waals surface area contributed by atoms with E-state index in [9.17, 15) is 9.59 Å². The molecule has 1 heterocycles. The molecule has 0 radical (unpaired) electrons. The number of ether oxygens (including phenoxy) is 1.